The predicted molar refractivity (Wildman–Crippen MR) is 171 cm³/mol. The predicted octanol–water partition coefficient (Wildman–Crippen LogP) is 7.02. The van der Waals surface area contributed by atoms with Crippen molar-refractivity contribution in [3.8, 4) is 16.9 Å². The lowest BCUT2D eigenvalue weighted by molar-refractivity contribution is 0.205. The average Bonchev–Trinajstić information content (AvgIpc) is 3.34. The summed E-state index contributed by atoms with van der Waals surface area (Å²) >= 11 is 0. The summed E-state index contributed by atoms with van der Waals surface area (Å²) in [5.41, 5.74) is 9.75. The monoisotopic (exact) mass is 542 g/mol. The van der Waals surface area contributed by atoms with E-state index >= 15 is 0 Å². The van der Waals surface area contributed by atoms with E-state index in [0.717, 1.165) is 46.9 Å². The van der Waals surface area contributed by atoms with Gasteiger partial charge in [-0.05, 0) is 74.9 Å². The van der Waals surface area contributed by atoms with E-state index in [0.29, 0.717) is 11.4 Å². The number of ether oxygens (including phenoxy) is 1. The molecule has 0 aromatic heterocycles. The summed E-state index contributed by atoms with van der Waals surface area (Å²) in [6.07, 6.45) is 14.9. The van der Waals surface area contributed by atoms with Gasteiger partial charge in [-0.25, -0.2) is 0 Å². The first kappa shape index (κ1) is 24.8. The van der Waals surface area contributed by atoms with Crippen LogP contribution in [0.25, 0.3) is 22.8 Å². The minimum Gasteiger partial charge on any atom is -0.485 e. The fourth-order valence-corrected chi connectivity index (χ4v) is 7.43. The normalized spacial score (nSPS) is 18.6. The van der Waals surface area contributed by atoms with Crippen LogP contribution in [-0.4, -0.2) is 17.5 Å². The molecule has 0 amide bonds. The largest absolute Gasteiger partial charge is 0.485 e. The molecule has 0 saturated carbocycles. The molecule has 4 aromatic rings. The van der Waals surface area contributed by atoms with Crippen molar-refractivity contribution in [2.24, 2.45) is 0 Å². The second-order valence-electron chi connectivity index (χ2n) is 11.4. The fourth-order valence-electron chi connectivity index (χ4n) is 7.43. The summed E-state index contributed by atoms with van der Waals surface area (Å²) in [5, 5.41) is 20.1. The van der Waals surface area contributed by atoms with Crippen molar-refractivity contribution in [3.63, 3.8) is 0 Å². The minimum absolute atomic E-state index is 0.0746. The third-order valence-corrected chi connectivity index (χ3v) is 9.25. The Morgan fingerprint density at radius 3 is 2.31 bits per heavy atom. The Labute approximate surface area is 245 Å². The molecule has 3 nitrogen and oxygen atoms in total. The highest BCUT2D eigenvalue weighted by molar-refractivity contribution is 6.25. The molecule has 2 N–H and O–H groups in total. The number of benzene rings is 4. The molecule has 1 spiro atoms. The molecule has 1 aliphatic heterocycles. The van der Waals surface area contributed by atoms with Gasteiger partial charge < -0.3 is 15.6 Å². The zero-order valence-electron chi connectivity index (χ0n) is 23.2. The van der Waals surface area contributed by atoms with Crippen LogP contribution in [0.4, 0.5) is 0 Å². The maximum Gasteiger partial charge on any atom is 0.125 e. The lowest BCUT2D eigenvalue weighted by atomic mass is 9.63. The number of fused-ring (bicyclic) bond motifs is 10. The molecular formula is C39H30N2O. The van der Waals surface area contributed by atoms with Crippen LogP contribution >= 0.6 is 0 Å². The summed E-state index contributed by atoms with van der Waals surface area (Å²) in [6.45, 7) is 0. The summed E-state index contributed by atoms with van der Waals surface area (Å²) in [4.78, 5) is 0. The minimum atomic E-state index is -0.434. The number of hydrogen-bond acceptors (Lipinski definition) is 3. The molecule has 202 valence electrons. The van der Waals surface area contributed by atoms with Crippen molar-refractivity contribution in [2.45, 2.75) is 30.8 Å². The van der Waals surface area contributed by atoms with Gasteiger partial charge in [0.2, 0.25) is 0 Å². The van der Waals surface area contributed by atoms with Gasteiger partial charge in [0.05, 0.1) is 16.8 Å². The van der Waals surface area contributed by atoms with Crippen LogP contribution in [0, 0.1) is 10.8 Å². The molecule has 1 heterocycles. The number of hydrogen-bond donors (Lipinski definition) is 2. The first-order valence-electron chi connectivity index (χ1n) is 14.7. The van der Waals surface area contributed by atoms with Gasteiger partial charge in [-0.15, -0.1) is 0 Å². The molecule has 0 radical (unpaired) electrons. The van der Waals surface area contributed by atoms with Crippen LogP contribution in [0.3, 0.4) is 0 Å². The van der Waals surface area contributed by atoms with Crippen LogP contribution in [-0.2, 0) is 5.41 Å². The van der Waals surface area contributed by atoms with Gasteiger partial charge in [0.15, 0.2) is 0 Å². The van der Waals surface area contributed by atoms with Gasteiger partial charge in [0.25, 0.3) is 0 Å². The van der Waals surface area contributed by atoms with E-state index in [1.54, 1.807) is 12.2 Å². The van der Waals surface area contributed by atoms with Crippen LogP contribution in [0.1, 0.15) is 41.5 Å². The van der Waals surface area contributed by atoms with Gasteiger partial charge in [-0.3, -0.25) is 0 Å². The number of rotatable bonds is 4. The smallest absolute Gasteiger partial charge is 0.125 e. The fraction of sp³-hybridized carbons (Fsp3) is 0.128. The standard InChI is InChI=1S/C39H30N2O/c40-35(22-23-36(41)30-15-9-11-25-10-1-2-12-27(25)30)26-20-21-34-38(24-26)42-37-19-8-7-18-33(37)39(34)31-16-5-3-13-28(31)29-14-4-6-17-32(29)39/h1-8,10-14,16-18,20-24,37,40-41H,9,15,19H2/b23-22-,40-35?,41-36?. The molecule has 8 rings (SSSR count). The molecule has 1 unspecified atom stereocenters. The van der Waals surface area contributed by atoms with Crippen molar-refractivity contribution in [1.82, 2.24) is 0 Å². The van der Waals surface area contributed by atoms with Crippen LogP contribution in [0.2, 0.25) is 0 Å². The van der Waals surface area contributed by atoms with Crippen LogP contribution in [0.5, 0.6) is 5.75 Å². The van der Waals surface area contributed by atoms with Crippen molar-refractivity contribution < 1.29 is 4.74 Å². The Kier molecular flexibility index (Phi) is 5.61. The van der Waals surface area contributed by atoms with E-state index in [9.17, 15) is 0 Å². The molecule has 0 saturated heterocycles. The van der Waals surface area contributed by atoms with Gasteiger partial charge in [-0.2, -0.15) is 0 Å². The second-order valence-corrected chi connectivity index (χ2v) is 11.4. The molecule has 4 aliphatic rings. The highest BCUT2D eigenvalue weighted by Crippen LogP contribution is 2.61. The third kappa shape index (κ3) is 3.53. The number of nitrogens with one attached hydrogen (secondary N) is 2. The van der Waals surface area contributed by atoms with Crippen molar-refractivity contribution in [3.05, 3.63) is 160 Å². The molecule has 3 heteroatoms. The molecule has 0 bridgehead atoms. The van der Waals surface area contributed by atoms with Crippen LogP contribution < -0.4 is 15.2 Å². The zero-order chi connectivity index (χ0) is 28.3. The van der Waals surface area contributed by atoms with Gasteiger partial charge in [-0.1, -0.05) is 109 Å². The zero-order valence-corrected chi connectivity index (χ0v) is 23.2. The SMILES string of the molecule is N=C(/C=C\C(=N)c1ccc2c(c1)OC1CC=CC=C1C21c2ccccc2-c2ccccc21)C1=c2ccccc2=CCC1. The third-order valence-electron chi connectivity index (χ3n) is 9.25. The van der Waals surface area contributed by atoms with E-state index < -0.39 is 5.41 Å². The van der Waals surface area contributed by atoms with E-state index in [4.69, 9.17) is 15.6 Å². The van der Waals surface area contributed by atoms with Gasteiger partial charge in [0.1, 0.15) is 11.9 Å². The highest BCUT2D eigenvalue weighted by atomic mass is 16.5. The van der Waals surface area contributed by atoms with E-state index in [-0.39, 0.29) is 6.10 Å². The summed E-state index contributed by atoms with van der Waals surface area (Å²) < 4.78 is 6.71. The van der Waals surface area contributed by atoms with Gasteiger partial charge in [0, 0.05) is 17.5 Å². The molecule has 3 aliphatic carbocycles. The van der Waals surface area contributed by atoms with Crippen LogP contribution in [0.15, 0.2) is 127 Å². The maximum atomic E-state index is 8.94. The van der Waals surface area contributed by atoms with E-state index in [2.05, 4.69) is 91.0 Å². The Morgan fingerprint density at radius 2 is 1.50 bits per heavy atom. The Morgan fingerprint density at radius 1 is 0.786 bits per heavy atom. The molecule has 42 heavy (non-hydrogen) atoms. The van der Waals surface area contributed by atoms with Crippen molar-refractivity contribution >= 4 is 23.1 Å². The van der Waals surface area contributed by atoms with E-state index in [1.807, 2.05) is 24.3 Å². The average molecular weight is 543 g/mol. The number of allylic oxidation sites excluding steroid dienone is 4. The second kappa shape index (κ2) is 9.53. The highest BCUT2D eigenvalue weighted by Gasteiger charge is 2.53. The quantitative estimate of drug-likeness (QED) is 0.268. The maximum absolute atomic E-state index is 8.94. The summed E-state index contributed by atoms with van der Waals surface area (Å²) in [5.74, 6) is 0.829. The Hall–Kier alpha value is -5.02. The van der Waals surface area contributed by atoms with Crippen molar-refractivity contribution in [1.29, 1.82) is 10.8 Å². The molecular weight excluding hydrogens is 512 g/mol. The molecule has 1 atom stereocenters. The topological polar surface area (TPSA) is 56.9 Å². The lowest BCUT2D eigenvalue weighted by Gasteiger charge is -2.45. The summed E-state index contributed by atoms with van der Waals surface area (Å²) in [6, 6.07) is 32.0. The first-order chi connectivity index (χ1) is 20.7. The molecule has 4 aromatic carbocycles. The lowest BCUT2D eigenvalue weighted by Crippen LogP contribution is -2.42. The van der Waals surface area contributed by atoms with Crippen molar-refractivity contribution in [2.75, 3.05) is 0 Å². The van der Waals surface area contributed by atoms with E-state index in [1.165, 1.54) is 33.0 Å². The molecule has 0 fully saturated rings. The summed E-state index contributed by atoms with van der Waals surface area (Å²) in [7, 11) is 0. The Bertz CT molecular complexity index is 2000. The first-order valence-corrected chi connectivity index (χ1v) is 14.7. The van der Waals surface area contributed by atoms with Gasteiger partial charge >= 0.3 is 0 Å². The Balaban J connectivity index is 1.22.